The van der Waals surface area contributed by atoms with Crippen molar-refractivity contribution >= 4 is 5.78 Å². The maximum Gasteiger partial charge on any atom is 0.157 e. The highest BCUT2D eigenvalue weighted by atomic mass is 19.1. The number of hydrazine groups is 1. The van der Waals surface area contributed by atoms with E-state index in [2.05, 4.69) is 13.8 Å². The maximum absolute atomic E-state index is 13.1. The van der Waals surface area contributed by atoms with Gasteiger partial charge in [-0.1, -0.05) is 26.7 Å². The molecular formula is C23H40FN3O. The van der Waals surface area contributed by atoms with Crippen LogP contribution >= 0.6 is 0 Å². The number of carbonyl (C=O) groups excluding carboxylic acids is 1. The van der Waals surface area contributed by atoms with E-state index in [9.17, 15) is 9.18 Å². The van der Waals surface area contributed by atoms with Crippen molar-refractivity contribution in [2.75, 3.05) is 13.2 Å². The van der Waals surface area contributed by atoms with Gasteiger partial charge in [-0.25, -0.2) is 5.84 Å². The Morgan fingerprint density at radius 3 is 2.64 bits per heavy atom. The summed E-state index contributed by atoms with van der Waals surface area (Å²) in [6, 6.07) is 0. The molecule has 0 heterocycles. The molecule has 3 fully saturated rings. The van der Waals surface area contributed by atoms with E-state index >= 15 is 0 Å². The minimum absolute atomic E-state index is 0.106. The fourth-order valence-electron chi connectivity index (χ4n) is 7.50. The zero-order chi connectivity index (χ0) is 20.3. The Kier molecular flexibility index (Phi) is 7.06. The highest BCUT2D eigenvalue weighted by Crippen LogP contribution is 2.63. The van der Waals surface area contributed by atoms with Crippen LogP contribution in [0.25, 0.3) is 0 Å². The molecule has 4 nitrogen and oxygen atoms in total. The number of alkyl halides is 1. The highest BCUT2D eigenvalue weighted by Gasteiger charge is 2.57. The quantitative estimate of drug-likeness (QED) is 0.473. The van der Waals surface area contributed by atoms with Gasteiger partial charge in [-0.05, 0) is 80.0 Å². The fraction of sp³-hybridized carbons (Fsp3) is 0.870. The van der Waals surface area contributed by atoms with Gasteiger partial charge in [0.15, 0.2) is 5.78 Å². The summed E-state index contributed by atoms with van der Waals surface area (Å²) >= 11 is 0. The summed E-state index contributed by atoms with van der Waals surface area (Å²) in [7, 11) is 0. The molecule has 28 heavy (non-hydrogen) atoms. The molecule has 3 saturated carbocycles. The van der Waals surface area contributed by atoms with Crippen molar-refractivity contribution in [2.24, 2.45) is 52.5 Å². The Labute approximate surface area is 170 Å². The van der Waals surface area contributed by atoms with Gasteiger partial charge in [0, 0.05) is 18.3 Å². The first-order valence-electron chi connectivity index (χ1n) is 11.4. The van der Waals surface area contributed by atoms with Crippen molar-refractivity contribution in [1.82, 2.24) is 5.01 Å². The third kappa shape index (κ3) is 3.96. The average Bonchev–Trinajstić information content (AvgIpc) is 3.01. The number of hydrogen-bond donors (Lipinski definition) is 2. The number of ketones is 1. The first kappa shape index (κ1) is 21.6. The first-order valence-corrected chi connectivity index (χ1v) is 11.4. The van der Waals surface area contributed by atoms with Gasteiger partial charge in [0.2, 0.25) is 0 Å². The second-order valence-electron chi connectivity index (χ2n) is 9.86. The van der Waals surface area contributed by atoms with Gasteiger partial charge in [0.25, 0.3) is 0 Å². The van der Waals surface area contributed by atoms with Crippen LogP contribution in [0, 0.1) is 40.9 Å². The normalized spacial score (nSPS) is 40.3. The Morgan fingerprint density at radius 1 is 1.18 bits per heavy atom. The Hall–Kier alpha value is -1.10. The molecule has 0 aromatic rings. The van der Waals surface area contributed by atoms with Crippen molar-refractivity contribution in [3.8, 4) is 0 Å². The number of fused-ring (bicyclic) bond motifs is 3. The van der Waals surface area contributed by atoms with E-state index < -0.39 is 0 Å². The van der Waals surface area contributed by atoms with Crippen molar-refractivity contribution in [3.63, 3.8) is 0 Å². The molecule has 0 bridgehead atoms. The van der Waals surface area contributed by atoms with Crippen LogP contribution in [0.3, 0.4) is 0 Å². The molecule has 0 aromatic carbocycles. The van der Waals surface area contributed by atoms with Crippen molar-refractivity contribution < 1.29 is 9.18 Å². The Morgan fingerprint density at radius 2 is 1.96 bits per heavy atom. The topological polar surface area (TPSA) is 72.3 Å². The summed E-state index contributed by atoms with van der Waals surface area (Å²) in [5, 5.41) is 1.41. The predicted molar refractivity (Wildman–Crippen MR) is 111 cm³/mol. The predicted octanol–water partition coefficient (Wildman–Crippen LogP) is 4.41. The number of hydrogen-bond acceptors (Lipinski definition) is 4. The van der Waals surface area contributed by atoms with Crippen molar-refractivity contribution in [1.29, 1.82) is 0 Å². The summed E-state index contributed by atoms with van der Waals surface area (Å²) in [5.74, 6) is 9.62. The molecule has 7 unspecified atom stereocenters. The van der Waals surface area contributed by atoms with E-state index in [1.165, 1.54) is 43.3 Å². The van der Waals surface area contributed by atoms with Gasteiger partial charge >= 0.3 is 0 Å². The van der Waals surface area contributed by atoms with Gasteiger partial charge < -0.3 is 10.7 Å². The molecule has 0 saturated heterocycles. The molecule has 160 valence electrons. The van der Waals surface area contributed by atoms with Crippen LogP contribution in [0.2, 0.25) is 0 Å². The molecule has 0 aromatic heterocycles. The summed E-state index contributed by atoms with van der Waals surface area (Å²) in [6.45, 7) is 4.70. The third-order valence-electron chi connectivity index (χ3n) is 8.63. The first-order chi connectivity index (χ1) is 13.5. The standard InChI is InChI=1S/C23H40FN3O/c1-3-4-17-16(10-12-24)5-6-19-18(17)9-11-23(2)20(19)7-8-21(23)22(28)15-27(26)14-13-25/h13-14,16-21H,3-12,15,25-26H2,1-2H3/b14-13-. The van der Waals surface area contributed by atoms with Gasteiger partial charge in [-0.3, -0.25) is 9.18 Å². The molecule has 4 N–H and O–H groups in total. The molecule has 3 aliphatic carbocycles. The number of nitrogens with zero attached hydrogens (tertiary/aromatic N) is 1. The zero-order valence-electron chi connectivity index (χ0n) is 17.8. The summed E-state index contributed by atoms with van der Waals surface area (Å²) in [6.07, 6.45) is 13.0. The Bertz CT molecular complexity index is 568. The number of halogens is 1. The lowest BCUT2D eigenvalue weighted by molar-refractivity contribution is -0.130. The largest absolute Gasteiger partial charge is 0.403 e. The average molecular weight is 394 g/mol. The zero-order valence-corrected chi connectivity index (χ0v) is 17.8. The van der Waals surface area contributed by atoms with E-state index in [1.807, 2.05) is 0 Å². The van der Waals surface area contributed by atoms with E-state index in [0.717, 1.165) is 37.5 Å². The molecule has 0 spiro atoms. The number of Topliss-reactive ketones (excluding diaryl/α,β-unsaturated/α-hetero) is 1. The third-order valence-corrected chi connectivity index (χ3v) is 8.63. The lowest BCUT2D eigenvalue weighted by atomic mass is 9.50. The second-order valence-corrected chi connectivity index (χ2v) is 9.86. The number of rotatable bonds is 8. The molecule has 3 aliphatic rings. The molecule has 0 radical (unpaired) electrons. The van der Waals surface area contributed by atoms with Crippen LogP contribution in [0.4, 0.5) is 4.39 Å². The van der Waals surface area contributed by atoms with Crippen LogP contribution in [0.15, 0.2) is 12.4 Å². The molecular weight excluding hydrogens is 353 g/mol. The molecule has 7 atom stereocenters. The monoisotopic (exact) mass is 393 g/mol. The number of nitrogens with two attached hydrogens (primary N) is 2. The Balaban J connectivity index is 1.74. The van der Waals surface area contributed by atoms with Crippen LogP contribution in [0.1, 0.15) is 71.6 Å². The van der Waals surface area contributed by atoms with Gasteiger partial charge in [-0.15, -0.1) is 0 Å². The van der Waals surface area contributed by atoms with Crippen molar-refractivity contribution in [3.05, 3.63) is 12.4 Å². The molecule has 0 aliphatic heterocycles. The van der Waals surface area contributed by atoms with Gasteiger partial charge in [-0.2, -0.15) is 0 Å². The minimum atomic E-state index is -0.174. The highest BCUT2D eigenvalue weighted by molar-refractivity contribution is 5.84. The van der Waals surface area contributed by atoms with Gasteiger partial charge in [0.05, 0.1) is 13.2 Å². The summed E-state index contributed by atoms with van der Waals surface area (Å²) < 4.78 is 13.1. The lowest BCUT2D eigenvalue weighted by Gasteiger charge is -2.54. The summed E-state index contributed by atoms with van der Waals surface area (Å²) in [5.41, 5.74) is 5.50. The van der Waals surface area contributed by atoms with E-state index in [-0.39, 0.29) is 30.3 Å². The smallest absolute Gasteiger partial charge is 0.157 e. The minimum Gasteiger partial charge on any atom is -0.403 e. The van der Waals surface area contributed by atoms with Gasteiger partial charge in [0.1, 0.15) is 0 Å². The lowest BCUT2D eigenvalue weighted by Crippen LogP contribution is -2.49. The van der Waals surface area contributed by atoms with Crippen molar-refractivity contribution in [2.45, 2.75) is 71.6 Å². The van der Waals surface area contributed by atoms with Crippen LogP contribution in [-0.2, 0) is 4.79 Å². The summed E-state index contributed by atoms with van der Waals surface area (Å²) in [4.78, 5) is 13.0. The number of carbonyl (C=O) groups is 1. The fourth-order valence-corrected chi connectivity index (χ4v) is 7.50. The maximum atomic E-state index is 13.1. The SMILES string of the molecule is CCCC1C(CCF)CCC2C1CCC1(C)C(C(=O)CN(N)/C=C\N)CCC21. The van der Waals surface area contributed by atoms with E-state index in [4.69, 9.17) is 11.6 Å². The molecule has 5 heteroatoms. The van der Waals surface area contributed by atoms with Crippen LogP contribution in [-0.4, -0.2) is 24.0 Å². The van der Waals surface area contributed by atoms with Crippen LogP contribution in [0.5, 0.6) is 0 Å². The van der Waals surface area contributed by atoms with E-state index in [1.54, 1.807) is 6.20 Å². The molecule has 0 amide bonds. The van der Waals surface area contributed by atoms with Crippen LogP contribution < -0.4 is 11.6 Å². The second kappa shape index (κ2) is 9.15. The van der Waals surface area contributed by atoms with E-state index in [0.29, 0.717) is 17.8 Å². The molecule has 3 rings (SSSR count).